The molecule has 0 spiro atoms. The van der Waals surface area contributed by atoms with Gasteiger partial charge in [0.2, 0.25) is 0 Å². The molecule has 2 aromatic rings. The Kier molecular flexibility index (Phi) is 6.67. The van der Waals surface area contributed by atoms with Crippen molar-refractivity contribution in [3.05, 3.63) is 76.6 Å². The number of carbonyl (C=O) groups excluding carboxylic acids is 2. The van der Waals surface area contributed by atoms with E-state index in [2.05, 4.69) is 0 Å². The predicted octanol–water partition coefficient (Wildman–Crippen LogP) is 4.23. The quantitative estimate of drug-likeness (QED) is 0.421. The summed E-state index contributed by atoms with van der Waals surface area (Å²) in [6.07, 6.45) is 0.849. The van der Waals surface area contributed by atoms with Gasteiger partial charge in [0.05, 0.1) is 24.3 Å². The molecule has 1 aliphatic rings. The minimum Gasteiger partial charge on any atom is -0.507 e. The molecule has 0 aromatic heterocycles. The van der Waals surface area contributed by atoms with Gasteiger partial charge in [-0.05, 0) is 55.7 Å². The van der Waals surface area contributed by atoms with E-state index in [-0.39, 0.29) is 36.2 Å². The third kappa shape index (κ3) is 4.44. The number of rotatable bonds is 7. The SMILES string of the molecule is CCc1ccc(C2/C(=C(/O)c3ccc(F)cc3)C(=O)C(=O)N2CCOC(C)C)cc1. The van der Waals surface area contributed by atoms with Crippen LogP contribution in [0.2, 0.25) is 0 Å². The molecule has 0 saturated carbocycles. The number of ether oxygens (including phenoxy) is 1. The highest BCUT2D eigenvalue weighted by atomic mass is 19.1. The van der Waals surface area contributed by atoms with Gasteiger partial charge in [-0.2, -0.15) is 0 Å². The van der Waals surface area contributed by atoms with Crippen molar-refractivity contribution in [1.82, 2.24) is 4.90 Å². The summed E-state index contributed by atoms with van der Waals surface area (Å²) in [5.74, 6) is -2.21. The summed E-state index contributed by atoms with van der Waals surface area (Å²) in [5.41, 5.74) is 2.13. The molecule has 5 nitrogen and oxygen atoms in total. The normalized spacial score (nSPS) is 18.4. The predicted molar refractivity (Wildman–Crippen MR) is 112 cm³/mol. The molecule has 2 aromatic carbocycles. The summed E-state index contributed by atoms with van der Waals surface area (Å²) in [4.78, 5) is 27.1. The fourth-order valence-electron chi connectivity index (χ4n) is 3.54. The van der Waals surface area contributed by atoms with Crippen LogP contribution in [0, 0.1) is 5.82 Å². The van der Waals surface area contributed by atoms with Gasteiger partial charge in [-0.3, -0.25) is 9.59 Å². The van der Waals surface area contributed by atoms with Crippen LogP contribution in [0.3, 0.4) is 0 Å². The van der Waals surface area contributed by atoms with Crippen molar-refractivity contribution in [3.63, 3.8) is 0 Å². The third-order valence-electron chi connectivity index (χ3n) is 5.14. The highest BCUT2D eigenvalue weighted by Crippen LogP contribution is 2.39. The van der Waals surface area contributed by atoms with Gasteiger partial charge in [0.25, 0.3) is 11.7 Å². The van der Waals surface area contributed by atoms with E-state index < -0.39 is 23.5 Å². The number of aliphatic hydroxyl groups excluding tert-OH is 1. The van der Waals surface area contributed by atoms with Crippen molar-refractivity contribution in [3.8, 4) is 0 Å². The van der Waals surface area contributed by atoms with Crippen molar-refractivity contribution in [1.29, 1.82) is 0 Å². The number of halogens is 1. The molecule has 1 saturated heterocycles. The average Bonchev–Trinajstić information content (AvgIpc) is 2.98. The van der Waals surface area contributed by atoms with Gasteiger partial charge in [0.15, 0.2) is 0 Å². The molecule has 1 amide bonds. The van der Waals surface area contributed by atoms with Crippen LogP contribution in [-0.4, -0.2) is 41.0 Å². The molecule has 1 heterocycles. The van der Waals surface area contributed by atoms with Gasteiger partial charge in [0, 0.05) is 12.1 Å². The molecule has 1 unspecified atom stereocenters. The number of ketones is 1. The minimum atomic E-state index is -0.758. The highest BCUT2D eigenvalue weighted by molar-refractivity contribution is 6.46. The Labute approximate surface area is 175 Å². The smallest absolute Gasteiger partial charge is 0.295 e. The summed E-state index contributed by atoms with van der Waals surface area (Å²) in [7, 11) is 0. The van der Waals surface area contributed by atoms with Gasteiger partial charge in [-0.1, -0.05) is 31.2 Å². The van der Waals surface area contributed by atoms with Crippen LogP contribution < -0.4 is 0 Å². The molecule has 0 aliphatic carbocycles. The van der Waals surface area contributed by atoms with Crippen molar-refractivity contribution >= 4 is 17.4 Å². The first-order chi connectivity index (χ1) is 14.3. The molecule has 0 bridgehead atoms. The molecule has 30 heavy (non-hydrogen) atoms. The number of Topliss-reactive ketones (excluding diaryl/α,β-unsaturated/α-hetero) is 1. The Bertz CT molecular complexity index is 948. The van der Waals surface area contributed by atoms with E-state index in [0.29, 0.717) is 0 Å². The van der Waals surface area contributed by atoms with Crippen molar-refractivity contribution in [2.75, 3.05) is 13.2 Å². The molecule has 1 fully saturated rings. The Balaban J connectivity index is 2.07. The first-order valence-electron chi connectivity index (χ1n) is 10.1. The number of amides is 1. The van der Waals surface area contributed by atoms with Crippen LogP contribution in [0.25, 0.3) is 5.76 Å². The first-order valence-corrected chi connectivity index (χ1v) is 10.1. The van der Waals surface area contributed by atoms with Gasteiger partial charge < -0.3 is 14.7 Å². The van der Waals surface area contributed by atoms with Crippen LogP contribution in [0.1, 0.15) is 43.5 Å². The molecule has 1 atom stereocenters. The van der Waals surface area contributed by atoms with Gasteiger partial charge >= 0.3 is 0 Å². The average molecular weight is 411 g/mol. The van der Waals surface area contributed by atoms with E-state index in [4.69, 9.17) is 4.74 Å². The summed E-state index contributed by atoms with van der Waals surface area (Å²) in [5, 5.41) is 10.9. The molecule has 3 rings (SSSR count). The number of benzene rings is 2. The second-order valence-corrected chi connectivity index (χ2v) is 7.51. The van der Waals surface area contributed by atoms with Crippen LogP contribution in [-0.2, 0) is 20.7 Å². The zero-order chi connectivity index (χ0) is 21.8. The van der Waals surface area contributed by atoms with Crippen LogP contribution in [0.15, 0.2) is 54.1 Å². The van der Waals surface area contributed by atoms with E-state index in [0.717, 1.165) is 17.5 Å². The van der Waals surface area contributed by atoms with E-state index in [1.165, 1.54) is 29.2 Å². The lowest BCUT2D eigenvalue weighted by Gasteiger charge is -2.25. The second kappa shape index (κ2) is 9.22. The highest BCUT2D eigenvalue weighted by Gasteiger charge is 2.45. The topological polar surface area (TPSA) is 66.8 Å². The largest absolute Gasteiger partial charge is 0.507 e. The summed E-state index contributed by atoms with van der Waals surface area (Å²) in [6.45, 7) is 6.31. The van der Waals surface area contributed by atoms with Crippen LogP contribution in [0.4, 0.5) is 4.39 Å². The zero-order valence-electron chi connectivity index (χ0n) is 17.4. The molecular formula is C24H26FNO4. The Morgan fingerprint density at radius 1 is 1.10 bits per heavy atom. The molecule has 1 N–H and O–H groups in total. The van der Waals surface area contributed by atoms with E-state index >= 15 is 0 Å². The Hall–Kier alpha value is -2.99. The summed E-state index contributed by atoms with van der Waals surface area (Å²) >= 11 is 0. The van der Waals surface area contributed by atoms with E-state index in [9.17, 15) is 19.1 Å². The molecule has 0 radical (unpaired) electrons. The van der Waals surface area contributed by atoms with E-state index in [1.54, 1.807) is 0 Å². The maximum atomic E-state index is 13.3. The molecule has 6 heteroatoms. The lowest BCUT2D eigenvalue weighted by molar-refractivity contribution is -0.140. The number of likely N-dealkylation sites (tertiary alicyclic amines) is 1. The number of carbonyl (C=O) groups is 2. The monoisotopic (exact) mass is 411 g/mol. The maximum Gasteiger partial charge on any atom is 0.295 e. The number of aryl methyl sites for hydroxylation is 1. The van der Waals surface area contributed by atoms with Gasteiger partial charge in [-0.25, -0.2) is 4.39 Å². The number of hydrogen-bond acceptors (Lipinski definition) is 4. The lowest BCUT2D eigenvalue weighted by Crippen LogP contribution is -2.33. The fraction of sp³-hybridized carbons (Fsp3) is 0.333. The Morgan fingerprint density at radius 3 is 2.30 bits per heavy atom. The van der Waals surface area contributed by atoms with Crippen molar-refractivity contribution < 1.29 is 23.8 Å². The third-order valence-corrected chi connectivity index (χ3v) is 5.14. The molecule has 158 valence electrons. The van der Waals surface area contributed by atoms with Crippen molar-refractivity contribution in [2.24, 2.45) is 0 Å². The van der Waals surface area contributed by atoms with Gasteiger partial charge in [0.1, 0.15) is 11.6 Å². The molecule has 1 aliphatic heterocycles. The number of aliphatic hydroxyl groups is 1. The first kappa shape index (κ1) is 21.7. The summed E-state index contributed by atoms with van der Waals surface area (Å²) in [6, 6.07) is 12.0. The fourth-order valence-corrected chi connectivity index (χ4v) is 3.54. The van der Waals surface area contributed by atoms with Crippen molar-refractivity contribution in [2.45, 2.75) is 39.3 Å². The number of hydrogen-bond donors (Lipinski definition) is 1. The maximum absolute atomic E-state index is 13.3. The summed E-state index contributed by atoms with van der Waals surface area (Å²) < 4.78 is 18.9. The second-order valence-electron chi connectivity index (χ2n) is 7.51. The van der Waals surface area contributed by atoms with Gasteiger partial charge in [-0.15, -0.1) is 0 Å². The van der Waals surface area contributed by atoms with E-state index in [1.807, 2.05) is 45.0 Å². The minimum absolute atomic E-state index is 0.000374. The Morgan fingerprint density at radius 2 is 1.73 bits per heavy atom. The standard InChI is InChI=1S/C24H26FNO4/c1-4-16-5-7-17(8-6-16)21-20(22(27)18-9-11-19(25)12-10-18)23(28)24(29)26(21)13-14-30-15(2)3/h5-12,15,21,27H,4,13-14H2,1-3H3/b22-20-. The number of nitrogens with zero attached hydrogens (tertiary/aromatic N) is 1. The van der Waals surface area contributed by atoms with Crippen LogP contribution >= 0.6 is 0 Å². The molecular weight excluding hydrogens is 385 g/mol. The van der Waals surface area contributed by atoms with Crippen LogP contribution in [0.5, 0.6) is 0 Å². The zero-order valence-corrected chi connectivity index (χ0v) is 17.4. The lowest BCUT2D eigenvalue weighted by atomic mass is 9.94.